The van der Waals surface area contributed by atoms with Gasteiger partial charge >= 0.3 is 17.8 Å². The van der Waals surface area contributed by atoms with E-state index in [2.05, 4.69) is 5.32 Å². The average Bonchev–Trinajstić information content (AvgIpc) is 2.86. The molecular formula is C29H22ClF4NO5. The Hall–Kier alpha value is -4.18. The van der Waals surface area contributed by atoms with Crippen LogP contribution in [0.4, 0.5) is 23.2 Å². The first-order valence-electron chi connectivity index (χ1n) is 12.1. The fourth-order valence-corrected chi connectivity index (χ4v) is 4.69. The van der Waals surface area contributed by atoms with Gasteiger partial charge in [-0.15, -0.1) is 0 Å². The molecule has 1 heterocycles. The summed E-state index contributed by atoms with van der Waals surface area (Å²) in [5, 5.41) is 12.5. The zero-order valence-corrected chi connectivity index (χ0v) is 21.9. The van der Waals surface area contributed by atoms with E-state index in [9.17, 15) is 37.1 Å². The second-order valence-corrected chi connectivity index (χ2v) is 9.58. The summed E-state index contributed by atoms with van der Waals surface area (Å²) in [6.45, 7) is 3.42. The van der Waals surface area contributed by atoms with Gasteiger partial charge in [-0.2, -0.15) is 13.2 Å². The van der Waals surface area contributed by atoms with Gasteiger partial charge in [0.2, 0.25) is 5.91 Å². The number of anilines is 1. The highest BCUT2D eigenvalue weighted by molar-refractivity contribution is 6.32. The van der Waals surface area contributed by atoms with E-state index >= 15 is 0 Å². The first-order chi connectivity index (χ1) is 18.8. The molecule has 2 N–H and O–H groups in total. The zero-order chi connectivity index (χ0) is 29.4. The number of rotatable bonds is 7. The highest BCUT2D eigenvalue weighted by Gasteiger charge is 2.34. The average molecular weight is 576 g/mol. The Balaban J connectivity index is 1.87. The first-order valence-corrected chi connectivity index (χ1v) is 12.4. The molecule has 1 aromatic heterocycles. The van der Waals surface area contributed by atoms with Gasteiger partial charge in [0.1, 0.15) is 11.4 Å². The minimum Gasteiger partial charge on any atom is -0.481 e. The van der Waals surface area contributed by atoms with Gasteiger partial charge in [-0.1, -0.05) is 42.8 Å². The van der Waals surface area contributed by atoms with Gasteiger partial charge in [0.25, 0.3) is 0 Å². The number of alkyl halides is 3. The minimum atomic E-state index is -4.95. The summed E-state index contributed by atoms with van der Waals surface area (Å²) in [5.41, 5.74) is -1.33. The number of carbonyl (C=O) groups is 2. The van der Waals surface area contributed by atoms with Crippen molar-refractivity contribution < 1.29 is 36.7 Å². The molecular weight excluding hydrogens is 554 g/mol. The number of carboxylic acids is 1. The van der Waals surface area contributed by atoms with Gasteiger partial charge < -0.3 is 14.8 Å². The molecule has 0 aliphatic carbocycles. The molecule has 11 heteroatoms. The van der Waals surface area contributed by atoms with Crippen molar-refractivity contribution >= 4 is 40.1 Å². The number of fused-ring (bicyclic) bond motifs is 1. The zero-order valence-electron chi connectivity index (χ0n) is 21.2. The molecule has 0 fully saturated rings. The molecule has 0 bridgehead atoms. The van der Waals surface area contributed by atoms with Gasteiger partial charge in [0.05, 0.1) is 29.2 Å². The van der Waals surface area contributed by atoms with Gasteiger partial charge in [-0.3, -0.25) is 9.59 Å². The number of aliphatic carboxylic acids is 1. The maximum atomic E-state index is 13.5. The summed E-state index contributed by atoms with van der Waals surface area (Å²) in [6, 6.07) is 11.3. The van der Waals surface area contributed by atoms with Crippen molar-refractivity contribution in [2.45, 2.75) is 38.8 Å². The molecule has 6 nitrogen and oxygen atoms in total. The summed E-state index contributed by atoms with van der Waals surface area (Å²) < 4.78 is 59.3. The Morgan fingerprint density at radius 3 is 2.48 bits per heavy atom. The molecule has 40 heavy (non-hydrogen) atoms. The fraction of sp³-hybridized carbons (Fsp3) is 0.207. The van der Waals surface area contributed by atoms with Crippen LogP contribution < -0.4 is 10.9 Å². The van der Waals surface area contributed by atoms with E-state index in [0.29, 0.717) is 33.5 Å². The molecule has 0 aliphatic heterocycles. The molecule has 208 valence electrons. The minimum absolute atomic E-state index is 0.105. The molecule has 1 amide bonds. The van der Waals surface area contributed by atoms with Crippen molar-refractivity contribution in [3.8, 4) is 11.1 Å². The SMILES string of the molecule is CCC(C(=O)O)c1cccc(-c2c(CC(=O)Nc3ccc(F)cc3C(F)(F)F)c(=O)oc3cc(Cl)c(C)cc23)c1. The summed E-state index contributed by atoms with van der Waals surface area (Å²) in [4.78, 5) is 37.9. The Labute approximate surface area is 230 Å². The predicted octanol–water partition coefficient (Wildman–Crippen LogP) is 7.34. The number of carbonyl (C=O) groups excluding carboxylic acids is 1. The molecule has 0 saturated heterocycles. The Bertz CT molecular complexity index is 1700. The number of hydrogen-bond donors (Lipinski definition) is 2. The molecule has 4 rings (SSSR count). The van der Waals surface area contributed by atoms with Crippen LogP contribution in [0, 0.1) is 12.7 Å². The third kappa shape index (κ3) is 5.86. The van der Waals surface area contributed by atoms with E-state index < -0.39 is 53.1 Å². The van der Waals surface area contributed by atoms with Crippen molar-refractivity contribution in [2.24, 2.45) is 0 Å². The largest absolute Gasteiger partial charge is 0.481 e. The first kappa shape index (κ1) is 28.8. The Morgan fingerprint density at radius 2 is 1.82 bits per heavy atom. The summed E-state index contributed by atoms with van der Waals surface area (Å²) in [6.07, 6.45) is -5.35. The summed E-state index contributed by atoms with van der Waals surface area (Å²) in [7, 11) is 0. The number of nitrogens with one attached hydrogen (secondary N) is 1. The van der Waals surface area contributed by atoms with E-state index in [0.717, 1.165) is 12.1 Å². The third-order valence-corrected chi connectivity index (χ3v) is 6.87. The predicted molar refractivity (Wildman–Crippen MR) is 142 cm³/mol. The van der Waals surface area contributed by atoms with E-state index in [-0.39, 0.29) is 22.8 Å². The molecule has 1 atom stereocenters. The molecule has 0 saturated carbocycles. The molecule has 0 aliphatic rings. The standard InChI is InChI=1S/C29H22ClF4NO5/c1-3-18(27(37)38)15-5-4-6-16(10-15)26-19-9-14(2)22(30)13-24(19)40-28(39)20(26)12-25(36)35-23-8-7-17(31)11-21(23)29(32,33)34/h4-11,13,18H,3,12H2,1-2H3,(H,35,36)(H,37,38). The van der Waals surface area contributed by atoms with Gasteiger partial charge in [-0.05, 0) is 54.3 Å². The number of halogens is 5. The molecule has 0 spiro atoms. The maximum absolute atomic E-state index is 13.5. The van der Waals surface area contributed by atoms with Crippen molar-refractivity contribution in [3.63, 3.8) is 0 Å². The smallest absolute Gasteiger partial charge is 0.418 e. The van der Waals surface area contributed by atoms with Crippen LogP contribution in [-0.2, 0) is 22.2 Å². The Kier molecular flexibility index (Phi) is 8.02. The normalized spacial score (nSPS) is 12.4. The second-order valence-electron chi connectivity index (χ2n) is 9.18. The van der Waals surface area contributed by atoms with Crippen molar-refractivity contribution in [3.05, 3.63) is 98.1 Å². The second kappa shape index (κ2) is 11.1. The van der Waals surface area contributed by atoms with Crippen LogP contribution in [0.5, 0.6) is 0 Å². The van der Waals surface area contributed by atoms with E-state index in [1.807, 2.05) is 0 Å². The summed E-state index contributed by atoms with van der Waals surface area (Å²) in [5.74, 6) is -4.00. The molecule has 0 radical (unpaired) electrons. The lowest BCUT2D eigenvalue weighted by Crippen LogP contribution is -2.22. The maximum Gasteiger partial charge on any atom is 0.418 e. The van der Waals surface area contributed by atoms with E-state index in [1.54, 1.807) is 44.2 Å². The van der Waals surface area contributed by atoms with Gasteiger partial charge in [0, 0.05) is 22.0 Å². The van der Waals surface area contributed by atoms with Crippen LogP contribution in [0.25, 0.3) is 22.1 Å². The molecule has 4 aromatic rings. The van der Waals surface area contributed by atoms with Crippen LogP contribution in [0.3, 0.4) is 0 Å². The Morgan fingerprint density at radius 1 is 1.10 bits per heavy atom. The summed E-state index contributed by atoms with van der Waals surface area (Å²) >= 11 is 6.23. The van der Waals surface area contributed by atoms with Crippen LogP contribution in [-0.4, -0.2) is 17.0 Å². The number of hydrogen-bond acceptors (Lipinski definition) is 4. The molecule has 3 aromatic carbocycles. The number of benzene rings is 3. The van der Waals surface area contributed by atoms with Crippen LogP contribution in [0.2, 0.25) is 5.02 Å². The number of carboxylic acid groups (broad SMARTS) is 1. The van der Waals surface area contributed by atoms with E-state index in [1.165, 1.54) is 6.07 Å². The lowest BCUT2D eigenvalue weighted by atomic mass is 9.90. The van der Waals surface area contributed by atoms with E-state index in [4.69, 9.17) is 16.0 Å². The number of amides is 1. The van der Waals surface area contributed by atoms with Crippen LogP contribution in [0.15, 0.2) is 63.8 Å². The monoisotopic (exact) mass is 575 g/mol. The quantitative estimate of drug-likeness (QED) is 0.177. The van der Waals surface area contributed by atoms with Crippen molar-refractivity contribution in [1.82, 2.24) is 0 Å². The topological polar surface area (TPSA) is 96.6 Å². The fourth-order valence-electron chi connectivity index (χ4n) is 4.54. The third-order valence-electron chi connectivity index (χ3n) is 6.46. The van der Waals surface area contributed by atoms with Crippen molar-refractivity contribution in [1.29, 1.82) is 0 Å². The highest BCUT2D eigenvalue weighted by Crippen LogP contribution is 2.37. The lowest BCUT2D eigenvalue weighted by Gasteiger charge is -2.17. The highest BCUT2D eigenvalue weighted by atomic mass is 35.5. The van der Waals surface area contributed by atoms with Gasteiger partial charge in [0.15, 0.2) is 0 Å². The lowest BCUT2D eigenvalue weighted by molar-refractivity contribution is -0.139. The van der Waals surface area contributed by atoms with Crippen LogP contribution in [0.1, 0.15) is 41.5 Å². The number of aryl methyl sites for hydroxylation is 1. The van der Waals surface area contributed by atoms with Crippen LogP contribution >= 0.6 is 11.6 Å². The molecule has 1 unspecified atom stereocenters. The van der Waals surface area contributed by atoms with Gasteiger partial charge in [-0.25, -0.2) is 9.18 Å². The van der Waals surface area contributed by atoms with Crippen molar-refractivity contribution in [2.75, 3.05) is 5.32 Å².